The lowest BCUT2D eigenvalue weighted by atomic mass is 10.3. The number of hydrogen-bond donors (Lipinski definition) is 1. The first-order valence-corrected chi connectivity index (χ1v) is 4.71. The van der Waals surface area contributed by atoms with Crippen LogP contribution in [0.2, 0.25) is 0 Å². The van der Waals surface area contributed by atoms with E-state index < -0.39 is 5.82 Å². The molecule has 0 saturated carbocycles. The van der Waals surface area contributed by atoms with Crippen molar-refractivity contribution in [1.29, 1.82) is 0 Å². The second-order valence-corrected chi connectivity index (χ2v) is 3.57. The van der Waals surface area contributed by atoms with Gasteiger partial charge in [0, 0.05) is 0 Å². The highest BCUT2D eigenvalue weighted by Gasteiger charge is 2.05. The number of halogens is 1. The van der Waals surface area contributed by atoms with E-state index in [1.165, 1.54) is 23.6 Å². The van der Waals surface area contributed by atoms with E-state index in [-0.39, 0.29) is 5.75 Å². The van der Waals surface area contributed by atoms with Crippen LogP contribution in [0.3, 0.4) is 0 Å². The molecule has 0 radical (unpaired) electrons. The fourth-order valence-electron chi connectivity index (χ4n) is 0.955. The Kier molecular flexibility index (Phi) is 2.32. The smallest absolute Gasteiger partial charge is 0.202 e. The number of nitrogen functional groups attached to an aromatic ring is 1. The Morgan fingerprint density at radius 3 is 2.79 bits per heavy atom. The fraction of sp³-hybridized carbons (Fsp3) is 0. The zero-order valence-corrected chi connectivity index (χ0v) is 7.92. The van der Waals surface area contributed by atoms with Gasteiger partial charge in [0.15, 0.2) is 16.7 Å². The SMILES string of the molecule is Nc1ncc(Oc2ccccc2F)s1. The third-order valence-electron chi connectivity index (χ3n) is 1.55. The molecule has 2 rings (SSSR count). The third kappa shape index (κ3) is 1.82. The number of aromatic nitrogens is 1. The minimum absolute atomic E-state index is 0.177. The van der Waals surface area contributed by atoms with Crippen LogP contribution in [0.4, 0.5) is 9.52 Å². The molecule has 0 aliphatic rings. The maximum Gasteiger partial charge on any atom is 0.202 e. The summed E-state index contributed by atoms with van der Waals surface area (Å²) in [5.74, 6) is -0.226. The summed E-state index contributed by atoms with van der Waals surface area (Å²) in [4.78, 5) is 3.79. The van der Waals surface area contributed by atoms with Crippen LogP contribution in [0.15, 0.2) is 30.5 Å². The standard InChI is InChI=1S/C9H7FN2OS/c10-6-3-1-2-4-7(6)13-8-5-12-9(11)14-8/h1-5H,(H2,11,12). The van der Waals surface area contributed by atoms with E-state index in [4.69, 9.17) is 10.5 Å². The molecule has 3 nitrogen and oxygen atoms in total. The summed E-state index contributed by atoms with van der Waals surface area (Å²) >= 11 is 1.17. The number of benzene rings is 1. The fourth-order valence-corrected chi connectivity index (χ4v) is 1.50. The van der Waals surface area contributed by atoms with Gasteiger partial charge in [-0.25, -0.2) is 9.37 Å². The lowest BCUT2D eigenvalue weighted by Crippen LogP contribution is -1.84. The molecule has 0 unspecified atom stereocenters. The van der Waals surface area contributed by atoms with Crippen molar-refractivity contribution in [1.82, 2.24) is 4.98 Å². The molecule has 0 aliphatic carbocycles. The summed E-state index contributed by atoms with van der Waals surface area (Å²) in [5, 5.41) is 0.879. The summed E-state index contributed by atoms with van der Waals surface area (Å²) in [6.45, 7) is 0. The van der Waals surface area contributed by atoms with E-state index in [0.29, 0.717) is 10.2 Å². The molecule has 0 amide bonds. The van der Waals surface area contributed by atoms with Crippen LogP contribution in [-0.4, -0.2) is 4.98 Å². The summed E-state index contributed by atoms with van der Waals surface area (Å²) in [7, 11) is 0. The molecular weight excluding hydrogens is 203 g/mol. The van der Waals surface area contributed by atoms with Gasteiger partial charge in [-0.2, -0.15) is 0 Å². The van der Waals surface area contributed by atoms with Crippen molar-refractivity contribution in [3.05, 3.63) is 36.3 Å². The molecule has 2 N–H and O–H groups in total. The van der Waals surface area contributed by atoms with Crippen LogP contribution >= 0.6 is 11.3 Å². The number of rotatable bonds is 2. The van der Waals surface area contributed by atoms with Crippen molar-refractivity contribution in [2.24, 2.45) is 0 Å². The molecule has 0 atom stereocenters. The molecule has 0 bridgehead atoms. The number of ether oxygens (including phenoxy) is 1. The van der Waals surface area contributed by atoms with Crippen molar-refractivity contribution in [2.75, 3.05) is 5.73 Å². The second-order valence-electron chi connectivity index (χ2n) is 2.55. The highest BCUT2D eigenvalue weighted by molar-refractivity contribution is 7.17. The molecule has 1 aromatic heterocycles. The predicted octanol–water partition coefficient (Wildman–Crippen LogP) is 2.66. The lowest BCUT2D eigenvalue weighted by Gasteiger charge is -2.01. The first kappa shape index (κ1) is 8.96. The van der Waals surface area contributed by atoms with E-state index in [9.17, 15) is 4.39 Å². The molecule has 0 saturated heterocycles. The molecule has 14 heavy (non-hydrogen) atoms. The van der Waals surface area contributed by atoms with Crippen LogP contribution in [0, 0.1) is 5.82 Å². The van der Waals surface area contributed by atoms with Crippen molar-refractivity contribution in [3.8, 4) is 10.8 Å². The molecule has 0 spiro atoms. The first-order valence-electron chi connectivity index (χ1n) is 3.89. The Balaban J connectivity index is 2.23. The van der Waals surface area contributed by atoms with Gasteiger partial charge in [-0.1, -0.05) is 23.5 Å². The van der Waals surface area contributed by atoms with Crippen molar-refractivity contribution < 1.29 is 9.13 Å². The van der Waals surface area contributed by atoms with Crippen LogP contribution in [-0.2, 0) is 0 Å². The molecule has 1 aromatic carbocycles. The summed E-state index contributed by atoms with van der Waals surface area (Å²) in [5.41, 5.74) is 5.40. The largest absolute Gasteiger partial charge is 0.442 e. The maximum atomic E-state index is 13.1. The van der Waals surface area contributed by atoms with Gasteiger partial charge in [0.05, 0.1) is 6.20 Å². The van der Waals surface area contributed by atoms with Gasteiger partial charge in [-0.3, -0.25) is 0 Å². The van der Waals surface area contributed by atoms with E-state index in [2.05, 4.69) is 4.98 Å². The van der Waals surface area contributed by atoms with Crippen LogP contribution in [0.25, 0.3) is 0 Å². The molecule has 1 heterocycles. The highest BCUT2D eigenvalue weighted by atomic mass is 32.1. The average Bonchev–Trinajstić information content (AvgIpc) is 2.56. The molecular formula is C9H7FN2OS. The lowest BCUT2D eigenvalue weighted by molar-refractivity contribution is 0.451. The van der Waals surface area contributed by atoms with E-state index in [1.807, 2.05) is 0 Å². The second kappa shape index (κ2) is 3.63. The number of para-hydroxylation sites is 1. The molecule has 0 aliphatic heterocycles. The Morgan fingerprint density at radius 2 is 2.14 bits per heavy atom. The maximum absolute atomic E-state index is 13.1. The Bertz CT molecular complexity index is 444. The number of anilines is 1. The van der Waals surface area contributed by atoms with Crippen molar-refractivity contribution in [2.45, 2.75) is 0 Å². The monoisotopic (exact) mass is 210 g/mol. The minimum atomic E-state index is -0.403. The van der Waals surface area contributed by atoms with Gasteiger partial charge in [0.1, 0.15) is 0 Å². The molecule has 5 heteroatoms. The van der Waals surface area contributed by atoms with E-state index in [0.717, 1.165) is 0 Å². The number of nitrogens with zero attached hydrogens (tertiary/aromatic N) is 1. The van der Waals surface area contributed by atoms with Gasteiger partial charge in [-0.05, 0) is 12.1 Å². The van der Waals surface area contributed by atoms with E-state index >= 15 is 0 Å². The topological polar surface area (TPSA) is 48.1 Å². The number of thiazole rings is 1. The Hall–Kier alpha value is -1.62. The van der Waals surface area contributed by atoms with Gasteiger partial charge < -0.3 is 10.5 Å². The Morgan fingerprint density at radius 1 is 1.36 bits per heavy atom. The minimum Gasteiger partial charge on any atom is -0.442 e. The Labute approximate surface area is 84.0 Å². The predicted molar refractivity (Wildman–Crippen MR) is 53.0 cm³/mol. The van der Waals surface area contributed by atoms with Gasteiger partial charge >= 0.3 is 0 Å². The van der Waals surface area contributed by atoms with Gasteiger partial charge in [-0.15, -0.1) is 0 Å². The molecule has 2 aromatic rings. The third-order valence-corrected chi connectivity index (χ3v) is 2.25. The number of hydrogen-bond acceptors (Lipinski definition) is 4. The summed E-state index contributed by atoms with van der Waals surface area (Å²) in [6.07, 6.45) is 1.46. The van der Waals surface area contributed by atoms with Gasteiger partial charge in [0.25, 0.3) is 0 Å². The van der Waals surface area contributed by atoms with Crippen LogP contribution in [0.5, 0.6) is 10.8 Å². The summed E-state index contributed by atoms with van der Waals surface area (Å²) in [6, 6.07) is 6.18. The van der Waals surface area contributed by atoms with Crippen molar-refractivity contribution in [3.63, 3.8) is 0 Å². The van der Waals surface area contributed by atoms with E-state index in [1.54, 1.807) is 18.2 Å². The number of nitrogens with two attached hydrogens (primary N) is 1. The van der Waals surface area contributed by atoms with Crippen LogP contribution < -0.4 is 10.5 Å². The zero-order valence-electron chi connectivity index (χ0n) is 7.11. The highest BCUT2D eigenvalue weighted by Crippen LogP contribution is 2.29. The normalized spacial score (nSPS) is 10.1. The molecule has 72 valence electrons. The quantitative estimate of drug-likeness (QED) is 0.828. The van der Waals surface area contributed by atoms with Crippen LogP contribution in [0.1, 0.15) is 0 Å². The average molecular weight is 210 g/mol. The molecule has 0 fully saturated rings. The van der Waals surface area contributed by atoms with Crippen molar-refractivity contribution >= 4 is 16.5 Å². The summed E-state index contributed by atoms with van der Waals surface area (Å²) < 4.78 is 18.3. The van der Waals surface area contributed by atoms with Gasteiger partial charge in [0.2, 0.25) is 5.06 Å². The zero-order chi connectivity index (χ0) is 9.97. The first-order chi connectivity index (χ1) is 6.75.